The van der Waals surface area contributed by atoms with Crippen LogP contribution in [0.2, 0.25) is 10.0 Å². The van der Waals surface area contributed by atoms with E-state index in [0.717, 1.165) is 16.7 Å². The van der Waals surface area contributed by atoms with E-state index in [2.05, 4.69) is 11.9 Å². The van der Waals surface area contributed by atoms with E-state index in [-0.39, 0.29) is 11.9 Å². The molecule has 1 atom stereocenters. The van der Waals surface area contributed by atoms with Crippen LogP contribution in [0, 0.1) is 0 Å². The highest BCUT2D eigenvalue weighted by Crippen LogP contribution is 2.27. The summed E-state index contributed by atoms with van der Waals surface area (Å²) in [6.07, 6.45) is 4.63. The van der Waals surface area contributed by atoms with Crippen molar-refractivity contribution in [2.45, 2.75) is 19.4 Å². The molecule has 0 radical (unpaired) electrons. The molecule has 0 aliphatic heterocycles. The smallest absolute Gasteiger partial charge is 0.330 e. The lowest BCUT2D eigenvalue weighted by atomic mass is 10.0. The maximum absolute atomic E-state index is 11.7. The van der Waals surface area contributed by atoms with E-state index < -0.39 is 5.97 Å². The van der Waals surface area contributed by atoms with Crippen molar-refractivity contribution in [3.63, 3.8) is 0 Å². The molecule has 1 amide bonds. The van der Waals surface area contributed by atoms with Crippen molar-refractivity contribution in [2.24, 2.45) is 0 Å². The summed E-state index contributed by atoms with van der Waals surface area (Å²) in [4.78, 5) is 23.2. The Kier molecular flexibility index (Phi) is 8.30. The normalized spacial score (nSPS) is 11.8. The van der Waals surface area contributed by atoms with Crippen LogP contribution < -0.4 is 5.32 Å². The lowest BCUT2D eigenvalue weighted by molar-refractivity contribution is -0.137. The van der Waals surface area contributed by atoms with Crippen LogP contribution >= 0.6 is 23.2 Å². The molecule has 0 aliphatic carbocycles. The molecule has 0 bridgehead atoms. The predicted molar refractivity (Wildman–Crippen MR) is 114 cm³/mol. The summed E-state index contributed by atoms with van der Waals surface area (Å²) in [5, 5.41) is 3.93. The SMILES string of the molecule is C=CC(=O)N[C@H](/C=C/C(=O)OCC)Cc1ccc(-c2cc(Cl)cc(Cl)c2)cc1. The lowest BCUT2D eigenvalue weighted by Crippen LogP contribution is -2.33. The Hall–Kier alpha value is -2.56. The average Bonchev–Trinajstić information content (AvgIpc) is 2.66. The molecule has 2 aromatic carbocycles. The second-order valence-corrected chi connectivity index (χ2v) is 6.86. The van der Waals surface area contributed by atoms with Crippen LogP contribution in [0.5, 0.6) is 0 Å². The molecule has 28 heavy (non-hydrogen) atoms. The average molecular weight is 418 g/mol. The van der Waals surface area contributed by atoms with Crippen LogP contribution in [0.4, 0.5) is 0 Å². The number of hydrogen-bond acceptors (Lipinski definition) is 3. The Morgan fingerprint density at radius 1 is 1.11 bits per heavy atom. The second kappa shape index (κ2) is 10.7. The Morgan fingerprint density at radius 2 is 1.75 bits per heavy atom. The van der Waals surface area contributed by atoms with Gasteiger partial charge in [0.2, 0.25) is 5.91 Å². The van der Waals surface area contributed by atoms with Crippen LogP contribution in [0.25, 0.3) is 11.1 Å². The molecule has 2 rings (SSSR count). The van der Waals surface area contributed by atoms with Gasteiger partial charge >= 0.3 is 5.97 Å². The van der Waals surface area contributed by atoms with E-state index in [9.17, 15) is 9.59 Å². The maximum atomic E-state index is 11.7. The van der Waals surface area contributed by atoms with Gasteiger partial charge in [-0.25, -0.2) is 4.79 Å². The standard InChI is InChI=1S/C22H21Cl2NO3/c1-3-21(26)25-20(9-10-22(27)28-4-2)11-15-5-7-16(8-6-15)17-12-18(23)14-19(24)13-17/h3,5-10,12-14,20H,1,4,11H2,2H3,(H,25,26)/b10-9+/t20-/m1/s1. The zero-order valence-electron chi connectivity index (χ0n) is 15.5. The molecule has 0 aliphatic rings. The van der Waals surface area contributed by atoms with Crippen LogP contribution in [-0.4, -0.2) is 24.5 Å². The van der Waals surface area contributed by atoms with Crippen LogP contribution in [0.1, 0.15) is 12.5 Å². The summed E-state index contributed by atoms with van der Waals surface area (Å²) in [6.45, 7) is 5.48. The molecular formula is C22H21Cl2NO3. The first kappa shape index (κ1) is 21.7. The topological polar surface area (TPSA) is 55.4 Å². The van der Waals surface area contributed by atoms with Gasteiger partial charge in [0.05, 0.1) is 12.6 Å². The minimum absolute atomic E-state index is 0.293. The number of nitrogens with one attached hydrogen (secondary N) is 1. The third-order valence-corrected chi connectivity index (χ3v) is 4.31. The molecule has 0 fully saturated rings. The van der Waals surface area contributed by atoms with Crippen molar-refractivity contribution in [2.75, 3.05) is 6.61 Å². The van der Waals surface area contributed by atoms with E-state index in [0.29, 0.717) is 23.1 Å². The third kappa shape index (κ3) is 6.87. The molecule has 0 heterocycles. The molecule has 6 heteroatoms. The molecule has 2 aromatic rings. The van der Waals surface area contributed by atoms with E-state index in [1.165, 1.54) is 12.2 Å². The molecule has 0 saturated carbocycles. The van der Waals surface area contributed by atoms with Crippen LogP contribution in [-0.2, 0) is 20.7 Å². The summed E-state index contributed by atoms with van der Waals surface area (Å²) in [6, 6.07) is 12.8. The van der Waals surface area contributed by atoms with E-state index in [1.807, 2.05) is 36.4 Å². The second-order valence-electron chi connectivity index (χ2n) is 5.99. The summed E-state index contributed by atoms with van der Waals surface area (Å²) < 4.78 is 4.88. The lowest BCUT2D eigenvalue weighted by Gasteiger charge is -2.14. The van der Waals surface area contributed by atoms with Crippen LogP contribution in [0.15, 0.2) is 67.3 Å². The van der Waals surface area contributed by atoms with Crippen molar-refractivity contribution < 1.29 is 14.3 Å². The van der Waals surface area contributed by atoms with E-state index in [4.69, 9.17) is 27.9 Å². The fourth-order valence-electron chi connectivity index (χ4n) is 2.60. The summed E-state index contributed by atoms with van der Waals surface area (Å²) in [5.74, 6) is -0.766. The number of carbonyl (C=O) groups excluding carboxylic acids is 2. The highest BCUT2D eigenvalue weighted by Gasteiger charge is 2.10. The minimum Gasteiger partial charge on any atom is -0.463 e. The van der Waals surface area contributed by atoms with Crippen molar-refractivity contribution >= 4 is 35.1 Å². The molecule has 0 aromatic heterocycles. The number of rotatable bonds is 8. The molecule has 4 nitrogen and oxygen atoms in total. The monoisotopic (exact) mass is 417 g/mol. The number of halogens is 2. The number of esters is 1. The van der Waals surface area contributed by atoms with Gasteiger partial charge in [0.25, 0.3) is 0 Å². The fraction of sp³-hybridized carbons (Fsp3) is 0.182. The molecule has 0 unspecified atom stereocenters. The van der Waals surface area contributed by atoms with Crippen molar-refractivity contribution in [1.29, 1.82) is 0 Å². The first-order valence-corrected chi connectivity index (χ1v) is 9.50. The number of benzene rings is 2. The molecular weight excluding hydrogens is 397 g/mol. The minimum atomic E-state index is -0.450. The van der Waals surface area contributed by atoms with E-state index in [1.54, 1.807) is 19.1 Å². The predicted octanol–water partition coefficient (Wildman–Crippen LogP) is 4.99. The maximum Gasteiger partial charge on any atom is 0.330 e. The van der Waals surface area contributed by atoms with Gasteiger partial charge in [0, 0.05) is 16.1 Å². The van der Waals surface area contributed by atoms with Gasteiger partial charge in [0.15, 0.2) is 0 Å². The number of carbonyl (C=O) groups is 2. The van der Waals surface area contributed by atoms with Gasteiger partial charge in [-0.15, -0.1) is 0 Å². The summed E-state index contributed by atoms with van der Waals surface area (Å²) in [7, 11) is 0. The summed E-state index contributed by atoms with van der Waals surface area (Å²) >= 11 is 12.1. The van der Waals surface area contributed by atoms with Gasteiger partial charge in [-0.2, -0.15) is 0 Å². The Labute approximate surface area is 174 Å². The Morgan fingerprint density at radius 3 is 2.32 bits per heavy atom. The Bertz CT molecular complexity index is 856. The van der Waals surface area contributed by atoms with Gasteiger partial charge in [-0.1, -0.05) is 60.1 Å². The molecule has 146 valence electrons. The highest BCUT2D eigenvalue weighted by atomic mass is 35.5. The zero-order valence-corrected chi connectivity index (χ0v) is 17.0. The fourth-order valence-corrected chi connectivity index (χ4v) is 3.13. The quantitative estimate of drug-likeness (QED) is 0.485. The van der Waals surface area contributed by atoms with Crippen molar-refractivity contribution in [1.82, 2.24) is 5.32 Å². The number of ether oxygens (including phenoxy) is 1. The molecule has 1 N–H and O–H groups in total. The first-order chi connectivity index (χ1) is 13.4. The van der Waals surface area contributed by atoms with Gasteiger partial charge in [-0.3, -0.25) is 4.79 Å². The highest BCUT2D eigenvalue weighted by molar-refractivity contribution is 6.35. The molecule has 0 spiro atoms. The van der Waals surface area contributed by atoms with E-state index >= 15 is 0 Å². The largest absolute Gasteiger partial charge is 0.463 e. The van der Waals surface area contributed by atoms with Gasteiger partial charge < -0.3 is 10.1 Å². The number of amides is 1. The summed E-state index contributed by atoms with van der Waals surface area (Å²) in [5.41, 5.74) is 2.88. The first-order valence-electron chi connectivity index (χ1n) is 8.74. The van der Waals surface area contributed by atoms with Crippen molar-refractivity contribution in [3.8, 4) is 11.1 Å². The van der Waals surface area contributed by atoms with Gasteiger partial charge in [0.1, 0.15) is 0 Å². The Balaban J connectivity index is 2.15. The third-order valence-electron chi connectivity index (χ3n) is 3.87. The van der Waals surface area contributed by atoms with Crippen LogP contribution in [0.3, 0.4) is 0 Å². The van der Waals surface area contributed by atoms with Crippen molar-refractivity contribution in [3.05, 3.63) is 82.9 Å². The molecule has 0 saturated heterocycles. The zero-order chi connectivity index (χ0) is 20.5. The number of hydrogen-bond donors (Lipinski definition) is 1. The van der Waals surface area contributed by atoms with Gasteiger partial charge in [-0.05, 0) is 54.3 Å².